The monoisotopic (exact) mass is 190 g/mol. The summed E-state index contributed by atoms with van der Waals surface area (Å²) in [5, 5.41) is 0. The Hall–Kier alpha value is -0.120. The van der Waals surface area contributed by atoms with E-state index < -0.39 is 0 Å². The van der Waals surface area contributed by atoms with Crippen molar-refractivity contribution < 1.29 is 14.2 Å². The lowest BCUT2D eigenvalue weighted by Crippen LogP contribution is -2.35. The summed E-state index contributed by atoms with van der Waals surface area (Å²) in [5.41, 5.74) is -0.437. The van der Waals surface area contributed by atoms with Gasteiger partial charge in [0.1, 0.15) is 0 Å². The Morgan fingerprint density at radius 3 is 1.31 bits per heavy atom. The van der Waals surface area contributed by atoms with Crippen LogP contribution in [-0.4, -0.2) is 38.6 Å². The van der Waals surface area contributed by atoms with Gasteiger partial charge in [-0.25, -0.2) is 0 Å². The first-order valence-electron chi connectivity index (χ1n) is 4.51. The third-order valence-electron chi connectivity index (χ3n) is 2.00. The highest BCUT2D eigenvalue weighted by molar-refractivity contribution is 4.70. The first-order valence-corrected chi connectivity index (χ1v) is 4.51. The lowest BCUT2D eigenvalue weighted by atomic mass is 10.1. The van der Waals surface area contributed by atoms with E-state index in [1.165, 1.54) is 0 Å². The maximum Gasteiger partial charge on any atom is 0.0855 e. The van der Waals surface area contributed by atoms with E-state index in [9.17, 15) is 0 Å². The van der Waals surface area contributed by atoms with Crippen LogP contribution < -0.4 is 0 Å². The summed E-state index contributed by atoms with van der Waals surface area (Å²) >= 11 is 0. The van der Waals surface area contributed by atoms with Crippen molar-refractivity contribution in [3.8, 4) is 0 Å². The van der Waals surface area contributed by atoms with E-state index in [1.54, 1.807) is 14.2 Å². The molecule has 0 aromatic heterocycles. The summed E-state index contributed by atoms with van der Waals surface area (Å²) in [5.74, 6) is 0. The second-order valence-electron chi connectivity index (χ2n) is 4.42. The zero-order valence-electron chi connectivity index (χ0n) is 9.64. The summed E-state index contributed by atoms with van der Waals surface area (Å²) < 4.78 is 15.9. The Bertz CT molecular complexity index is 125. The summed E-state index contributed by atoms with van der Waals surface area (Å²) in [6.07, 6.45) is 0. The second-order valence-corrected chi connectivity index (χ2v) is 4.42. The molecule has 0 spiro atoms. The highest BCUT2D eigenvalue weighted by Gasteiger charge is 2.21. The predicted molar refractivity (Wildman–Crippen MR) is 53.0 cm³/mol. The van der Waals surface area contributed by atoms with Gasteiger partial charge in [-0.3, -0.25) is 0 Å². The molecule has 0 atom stereocenters. The standard InChI is InChI=1S/C10H22O3/c1-9(2,11-5)7-13-8-10(3,4)12-6/h7-8H2,1-6H3. The molecule has 0 amide bonds. The van der Waals surface area contributed by atoms with Gasteiger partial charge in [-0.15, -0.1) is 0 Å². The largest absolute Gasteiger partial charge is 0.376 e. The van der Waals surface area contributed by atoms with Crippen molar-refractivity contribution in [1.82, 2.24) is 0 Å². The molecule has 0 heterocycles. The number of methoxy groups -OCH3 is 2. The van der Waals surface area contributed by atoms with E-state index >= 15 is 0 Å². The maximum absolute atomic E-state index is 5.50. The fourth-order valence-electron chi connectivity index (χ4n) is 0.660. The third-order valence-corrected chi connectivity index (χ3v) is 2.00. The fourth-order valence-corrected chi connectivity index (χ4v) is 0.660. The highest BCUT2D eigenvalue weighted by atomic mass is 16.6. The van der Waals surface area contributed by atoms with Gasteiger partial charge >= 0.3 is 0 Å². The molecule has 0 aliphatic carbocycles. The van der Waals surface area contributed by atoms with Crippen LogP contribution in [0.2, 0.25) is 0 Å². The minimum Gasteiger partial charge on any atom is -0.376 e. The summed E-state index contributed by atoms with van der Waals surface area (Å²) in [6.45, 7) is 9.13. The Labute approximate surface area is 81.4 Å². The van der Waals surface area contributed by atoms with Gasteiger partial charge in [0.25, 0.3) is 0 Å². The van der Waals surface area contributed by atoms with Gasteiger partial charge in [-0.1, -0.05) is 0 Å². The molecule has 0 aromatic rings. The topological polar surface area (TPSA) is 27.7 Å². The lowest BCUT2D eigenvalue weighted by molar-refractivity contribution is -0.0976. The smallest absolute Gasteiger partial charge is 0.0855 e. The molecule has 0 rings (SSSR count). The lowest BCUT2D eigenvalue weighted by Gasteiger charge is -2.27. The van der Waals surface area contributed by atoms with Crippen molar-refractivity contribution in [3.05, 3.63) is 0 Å². The van der Waals surface area contributed by atoms with E-state index in [-0.39, 0.29) is 11.2 Å². The first kappa shape index (κ1) is 12.9. The first-order chi connectivity index (χ1) is 5.83. The molecule has 0 aliphatic heterocycles. The average molecular weight is 190 g/mol. The molecule has 0 radical (unpaired) electrons. The normalized spacial score (nSPS) is 13.4. The van der Waals surface area contributed by atoms with Crippen LogP contribution in [0.5, 0.6) is 0 Å². The molecule has 80 valence electrons. The van der Waals surface area contributed by atoms with Crippen molar-refractivity contribution >= 4 is 0 Å². The number of rotatable bonds is 6. The van der Waals surface area contributed by atoms with Crippen LogP contribution >= 0.6 is 0 Å². The molecule has 0 saturated carbocycles. The van der Waals surface area contributed by atoms with Crippen LogP contribution in [0.3, 0.4) is 0 Å². The predicted octanol–water partition coefficient (Wildman–Crippen LogP) is 1.85. The van der Waals surface area contributed by atoms with Gasteiger partial charge < -0.3 is 14.2 Å². The van der Waals surface area contributed by atoms with Crippen molar-refractivity contribution in [2.45, 2.75) is 38.9 Å². The van der Waals surface area contributed by atoms with Crippen LogP contribution in [0.1, 0.15) is 27.7 Å². The summed E-state index contributed by atoms with van der Waals surface area (Å²) in [6, 6.07) is 0. The van der Waals surface area contributed by atoms with Gasteiger partial charge in [0.2, 0.25) is 0 Å². The SMILES string of the molecule is COC(C)(C)COCC(C)(C)OC. The van der Waals surface area contributed by atoms with Crippen LogP contribution in [0.4, 0.5) is 0 Å². The van der Waals surface area contributed by atoms with Gasteiger partial charge in [0, 0.05) is 14.2 Å². The summed E-state index contributed by atoms with van der Waals surface area (Å²) in [4.78, 5) is 0. The van der Waals surface area contributed by atoms with Gasteiger partial charge in [0.15, 0.2) is 0 Å². The molecule has 0 aromatic carbocycles. The molecule has 0 aliphatic rings. The molecule has 0 saturated heterocycles. The molecule has 0 fully saturated rings. The Morgan fingerprint density at radius 1 is 0.769 bits per heavy atom. The van der Waals surface area contributed by atoms with E-state index in [0.29, 0.717) is 13.2 Å². The Morgan fingerprint density at radius 2 is 1.08 bits per heavy atom. The number of hydrogen-bond donors (Lipinski definition) is 0. The van der Waals surface area contributed by atoms with Gasteiger partial charge in [0.05, 0.1) is 24.4 Å². The fraction of sp³-hybridized carbons (Fsp3) is 1.00. The molecular formula is C10H22O3. The van der Waals surface area contributed by atoms with E-state index in [0.717, 1.165) is 0 Å². The Kier molecular flexibility index (Phi) is 4.89. The van der Waals surface area contributed by atoms with Crippen LogP contribution in [0.15, 0.2) is 0 Å². The minimum absolute atomic E-state index is 0.218. The van der Waals surface area contributed by atoms with Crippen LogP contribution in [0, 0.1) is 0 Å². The molecular weight excluding hydrogens is 168 g/mol. The van der Waals surface area contributed by atoms with Crippen molar-refractivity contribution in [2.75, 3.05) is 27.4 Å². The van der Waals surface area contributed by atoms with Crippen molar-refractivity contribution in [1.29, 1.82) is 0 Å². The van der Waals surface area contributed by atoms with E-state index in [4.69, 9.17) is 14.2 Å². The third kappa shape index (κ3) is 6.02. The van der Waals surface area contributed by atoms with Crippen LogP contribution in [0.25, 0.3) is 0 Å². The van der Waals surface area contributed by atoms with E-state index in [2.05, 4.69) is 0 Å². The number of ether oxygens (including phenoxy) is 3. The van der Waals surface area contributed by atoms with Crippen LogP contribution in [-0.2, 0) is 14.2 Å². The highest BCUT2D eigenvalue weighted by Crippen LogP contribution is 2.12. The maximum atomic E-state index is 5.50. The zero-order valence-corrected chi connectivity index (χ0v) is 9.64. The van der Waals surface area contributed by atoms with Gasteiger partial charge in [-0.2, -0.15) is 0 Å². The van der Waals surface area contributed by atoms with E-state index in [1.807, 2.05) is 27.7 Å². The average Bonchev–Trinajstić information content (AvgIpc) is 2.04. The molecule has 0 bridgehead atoms. The molecule has 3 heteroatoms. The minimum atomic E-state index is -0.218. The second kappa shape index (κ2) is 4.94. The molecule has 3 nitrogen and oxygen atoms in total. The molecule has 0 unspecified atom stereocenters. The molecule has 0 N–H and O–H groups in total. The quantitative estimate of drug-likeness (QED) is 0.639. The molecule has 13 heavy (non-hydrogen) atoms. The Balaban J connectivity index is 3.68. The van der Waals surface area contributed by atoms with Crippen molar-refractivity contribution in [3.63, 3.8) is 0 Å². The summed E-state index contributed by atoms with van der Waals surface area (Å²) in [7, 11) is 3.37. The van der Waals surface area contributed by atoms with Gasteiger partial charge in [-0.05, 0) is 27.7 Å². The zero-order chi connectivity index (χ0) is 10.5. The van der Waals surface area contributed by atoms with Crippen molar-refractivity contribution in [2.24, 2.45) is 0 Å². The number of hydrogen-bond acceptors (Lipinski definition) is 3.